The molecule has 0 radical (unpaired) electrons. The molecule has 1 aliphatic heterocycles. The normalized spacial score (nSPS) is 40.1. The maximum Gasteiger partial charge on any atom is 0.333 e. The van der Waals surface area contributed by atoms with E-state index in [-0.39, 0.29) is 17.8 Å². The first-order valence-electron chi connectivity index (χ1n) is 6.56. The average Bonchev–Trinajstić information content (AvgIpc) is 2.74. The largest absolute Gasteiger partial charge is 0.462 e. The molecule has 0 spiro atoms. The lowest BCUT2D eigenvalue weighted by molar-refractivity contribution is -0.135. The Morgan fingerprint density at radius 1 is 1.61 bits per heavy atom. The molecule has 4 unspecified atom stereocenters. The molecule has 4 atom stereocenters. The zero-order chi connectivity index (χ0) is 13.5. The van der Waals surface area contributed by atoms with Crippen molar-refractivity contribution in [3.8, 4) is 0 Å². The first-order chi connectivity index (χ1) is 8.33. The SMILES string of the molecule is C=C1C(=O)OCC1CC1C(C(=C)C)CCC1(C)O. The van der Waals surface area contributed by atoms with Crippen molar-refractivity contribution in [1.82, 2.24) is 0 Å². The highest BCUT2D eigenvalue weighted by molar-refractivity contribution is 5.90. The number of carbonyl (C=O) groups is 1. The average molecular weight is 250 g/mol. The van der Waals surface area contributed by atoms with Crippen molar-refractivity contribution in [2.75, 3.05) is 6.61 Å². The molecule has 100 valence electrons. The van der Waals surface area contributed by atoms with Crippen LogP contribution in [0.1, 0.15) is 33.1 Å². The monoisotopic (exact) mass is 250 g/mol. The quantitative estimate of drug-likeness (QED) is 0.475. The molecule has 1 heterocycles. The Hall–Kier alpha value is -1.09. The summed E-state index contributed by atoms with van der Waals surface area (Å²) in [6, 6.07) is 0. The van der Waals surface area contributed by atoms with Crippen LogP contribution in [0.5, 0.6) is 0 Å². The number of hydrogen-bond acceptors (Lipinski definition) is 3. The first kappa shape index (κ1) is 13.3. The molecular formula is C15H22O3. The van der Waals surface area contributed by atoms with Gasteiger partial charge < -0.3 is 9.84 Å². The van der Waals surface area contributed by atoms with Crippen molar-refractivity contribution >= 4 is 5.97 Å². The van der Waals surface area contributed by atoms with Crippen LogP contribution in [-0.2, 0) is 9.53 Å². The Morgan fingerprint density at radius 2 is 2.28 bits per heavy atom. The number of ether oxygens (including phenoxy) is 1. The van der Waals surface area contributed by atoms with Crippen molar-refractivity contribution in [1.29, 1.82) is 0 Å². The van der Waals surface area contributed by atoms with Crippen LogP contribution in [0.2, 0.25) is 0 Å². The van der Waals surface area contributed by atoms with E-state index in [9.17, 15) is 9.90 Å². The molecule has 1 saturated heterocycles. The van der Waals surface area contributed by atoms with Gasteiger partial charge in [0.1, 0.15) is 0 Å². The minimum atomic E-state index is -0.671. The van der Waals surface area contributed by atoms with Crippen molar-refractivity contribution in [2.24, 2.45) is 17.8 Å². The lowest BCUT2D eigenvalue weighted by atomic mass is 9.77. The maximum atomic E-state index is 11.3. The van der Waals surface area contributed by atoms with Crippen LogP contribution in [0.4, 0.5) is 0 Å². The van der Waals surface area contributed by atoms with Gasteiger partial charge in [0.2, 0.25) is 0 Å². The van der Waals surface area contributed by atoms with Gasteiger partial charge in [-0.3, -0.25) is 0 Å². The van der Waals surface area contributed by atoms with E-state index in [1.807, 2.05) is 13.8 Å². The Morgan fingerprint density at radius 3 is 2.78 bits per heavy atom. The summed E-state index contributed by atoms with van der Waals surface area (Å²) in [5.74, 6) is 0.244. The summed E-state index contributed by atoms with van der Waals surface area (Å²) in [6.07, 6.45) is 2.53. The molecule has 1 aliphatic carbocycles. The molecule has 2 aliphatic rings. The number of carbonyl (C=O) groups excluding carboxylic acids is 1. The second-order valence-electron chi connectivity index (χ2n) is 6.01. The van der Waals surface area contributed by atoms with E-state index in [0.717, 1.165) is 24.8 Å². The highest BCUT2D eigenvalue weighted by atomic mass is 16.5. The van der Waals surface area contributed by atoms with Crippen molar-refractivity contribution in [3.63, 3.8) is 0 Å². The first-order valence-corrected chi connectivity index (χ1v) is 6.56. The zero-order valence-electron chi connectivity index (χ0n) is 11.2. The second-order valence-corrected chi connectivity index (χ2v) is 6.01. The van der Waals surface area contributed by atoms with Gasteiger partial charge in [-0.2, -0.15) is 0 Å². The Labute approximate surface area is 109 Å². The van der Waals surface area contributed by atoms with Crippen molar-refractivity contribution < 1.29 is 14.6 Å². The Kier molecular flexibility index (Phi) is 3.37. The van der Waals surface area contributed by atoms with Crippen LogP contribution in [-0.4, -0.2) is 23.3 Å². The molecule has 0 aromatic rings. The van der Waals surface area contributed by atoms with E-state index >= 15 is 0 Å². The lowest BCUT2D eigenvalue weighted by Crippen LogP contribution is -2.34. The summed E-state index contributed by atoms with van der Waals surface area (Å²) in [5.41, 5.74) is 1.00. The van der Waals surface area contributed by atoms with Crippen LogP contribution in [0.15, 0.2) is 24.3 Å². The van der Waals surface area contributed by atoms with E-state index in [0.29, 0.717) is 18.1 Å². The van der Waals surface area contributed by atoms with E-state index in [4.69, 9.17) is 4.74 Å². The van der Waals surface area contributed by atoms with Gasteiger partial charge >= 0.3 is 5.97 Å². The van der Waals surface area contributed by atoms with Crippen LogP contribution in [0.25, 0.3) is 0 Å². The third-order valence-corrected chi connectivity index (χ3v) is 4.59. The molecule has 0 bridgehead atoms. The van der Waals surface area contributed by atoms with E-state index in [1.165, 1.54) is 0 Å². The molecular weight excluding hydrogens is 228 g/mol. The van der Waals surface area contributed by atoms with Crippen LogP contribution in [0, 0.1) is 17.8 Å². The van der Waals surface area contributed by atoms with Gasteiger partial charge in [-0.25, -0.2) is 4.79 Å². The fourth-order valence-corrected chi connectivity index (χ4v) is 3.33. The van der Waals surface area contributed by atoms with Crippen molar-refractivity contribution in [3.05, 3.63) is 24.3 Å². The number of esters is 1. The molecule has 3 heteroatoms. The van der Waals surface area contributed by atoms with Gasteiger partial charge in [0.05, 0.1) is 12.2 Å². The Balaban J connectivity index is 2.12. The molecule has 3 nitrogen and oxygen atoms in total. The number of aliphatic hydroxyl groups is 1. The number of allylic oxidation sites excluding steroid dienone is 1. The third-order valence-electron chi connectivity index (χ3n) is 4.59. The predicted octanol–water partition coefficient (Wildman–Crippen LogP) is 2.46. The van der Waals surface area contributed by atoms with E-state index < -0.39 is 5.60 Å². The number of rotatable bonds is 3. The highest BCUT2D eigenvalue weighted by Gasteiger charge is 2.46. The second kappa shape index (κ2) is 4.54. The summed E-state index contributed by atoms with van der Waals surface area (Å²) < 4.78 is 5.01. The summed E-state index contributed by atoms with van der Waals surface area (Å²) >= 11 is 0. The minimum Gasteiger partial charge on any atom is -0.462 e. The Bertz CT molecular complexity index is 395. The van der Waals surface area contributed by atoms with E-state index in [1.54, 1.807) is 0 Å². The standard InChI is InChI=1S/C15H22O3/c1-9(2)12-5-6-15(4,17)13(12)7-11-8-18-14(16)10(11)3/h11-13,17H,1,3,5-8H2,2,4H3. The van der Waals surface area contributed by atoms with Gasteiger partial charge in [-0.15, -0.1) is 0 Å². The van der Waals surface area contributed by atoms with Crippen LogP contribution in [0.3, 0.4) is 0 Å². The van der Waals surface area contributed by atoms with Crippen LogP contribution < -0.4 is 0 Å². The van der Waals surface area contributed by atoms with Crippen molar-refractivity contribution in [2.45, 2.75) is 38.7 Å². The number of hydrogen-bond donors (Lipinski definition) is 1. The highest BCUT2D eigenvalue weighted by Crippen LogP contribution is 2.47. The van der Waals surface area contributed by atoms with E-state index in [2.05, 4.69) is 13.2 Å². The molecule has 0 aromatic heterocycles. The predicted molar refractivity (Wildman–Crippen MR) is 69.9 cm³/mol. The fourth-order valence-electron chi connectivity index (χ4n) is 3.33. The summed E-state index contributed by atoms with van der Waals surface area (Å²) in [4.78, 5) is 11.3. The molecule has 18 heavy (non-hydrogen) atoms. The van der Waals surface area contributed by atoms with Gasteiger partial charge in [0.15, 0.2) is 0 Å². The lowest BCUT2D eigenvalue weighted by Gasteiger charge is -2.31. The summed E-state index contributed by atoms with van der Waals surface area (Å²) in [6.45, 7) is 12.1. The molecule has 2 rings (SSSR count). The molecule has 1 saturated carbocycles. The molecule has 2 fully saturated rings. The van der Waals surface area contributed by atoms with Gasteiger partial charge in [0.25, 0.3) is 0 Å². The summed E-state index contributed by atoms with van der Waals surface area (Å²) in [7, 11) is 0. The van der Waals surface area contributed by atoms with Crippen LogP contribution >= 0.6 is 0 Å². The van der Waals surface area contributed by atoms with Gasteiger partial charge in [-0.1, -0.05) is 18.7 Å². The number of cyclic esters (lactones) is 1. The maximum absolute atomic E-state index is 11.3. The topological polar surface area (TPSA) is 46.5 Å². The molecule has 1 N–H and O–H groups in total. The fraction of sp³-hybridized carbons (Fsp3) is 0.667. The molecule has 0 amide bonds. The van der Waals surface area contributed by atoms with Gasteiger partial charge in [0, 0.05) is 11.5 Å². The summed E-state index contributed by atoms with van der Waals surface area (Å²) in [5, 5.41) is 10.5. The zero-order valence-corrected chi connectivity index (χ0v) is 11.2. The molecule has 0 aromatic carbocycles. The van der Waals surface area contributed by atoms with Gasteiger partial charge in [-0.05, 0) is 44.9 Å². The third kappa shape index (κ3) is 2.24. The smallest absolute Gasteiger partial charge is 0.333 e. The minimum absolute atomic E-state index is 0.0499.